The van der Waals surface area contributed by atoms with Gasteiger partial charge in [-0.15, -0.1) is 0 Å². The Bertz CT molecular complexity index is 1040. The number of allylic oxidation sites excluding steroid dienone is 10. The Morgan fingerprint density at radius 1 is 0.383 bits per heavy atom. The van der Waals surface area contributed by atoms with Crippen molar-refractivity contribution in [3.05, 3.63) is 60.8 Å². The molecule has 0 saturated heterocycles. The van der Waals surface area contributed by atoms with Gasteiger partial charge < -0.3 is 14.2 Å². The van der Waals surface area contributed by atoms with Crippen molar-refractivity contribution in [2.75, 3.05) is 19.8 Å². The third-order valence-corrected chi connectivity index (χ3v) is 11.1. The van der Waals surface area contributed by atoms with Crippen molar-refractivity contribution < 1.29 is 23.8 Å². The number of unbranched alkanes of at least 4 members (excludes halogenated alkanes) is 26. The average Bonchev–Trinajstić information content (AvgIpc) is 3.25. The molecule has 348 valence electrons. The van der Waals surface area contributed by atoms with Crippen LogP contribution >= 0.6 is 0 Å². The van der Waals surface area contributed by atoms with Gasteiger partial charge in [-0.3, -0.25) is 9.59 Å². The van der Waals surface area contributed by atoms with E-state index in [1.165, 1.54) is 141 Å². The van der Waals surface area contributed by atoms with E-state index in [1.807, 2.05) is 0 Å². The lowest BCUT2D eigenvalue weighted by Crippen LogP contribution is -2.30. The molecule has 0 rings (SSSR count). The largest absolute Gasteiger partial charge is 0.462 e. The fraction of sp³-hybridized carbons (Fsp3) is 0.782. The molecule has 0 aliphatic carbocycles. The maximum atomic E-state index is 12.8. The number of hydrogen-bond donors (Lipinski definition) is 0. The molecule has 0 spiro atoms. The van der Waals surface area contributed by atoms with Crippen molar-refractivity contribution in [3.8, 4) is 0 Å². The normalized spacial score (nSPS) is 12.7. The van der Waals surface area contributed by atoms with Crippen LogP contribution in [-0.4, -0.2) is 37.9 Å². The summed E-state index contributed by atoms with van der Waals surface area (Å²) in [5.41, 5.74) is 0. The van der Waals surface area contributed by atoms with Crippen molar-refractivity contribution in [3.63, 3.8) is 0 Å². The van der Waals surface area contributed by atoms with Crippen LogP contribution in [0.3, 0.4) is 0 Å². The maximum absolute atomic E-state index is 12.8. The number of ether oxygens (including phenoxy) is 3. The first-order valence-electron chi connectivity index (χ1n) is 25.8. The predicted octanol–water partition coefficient (Wildman–Crippen LogP) is 17.3. The van der Waals surface area contributed by atoms with E-state index in [-0.39, 0.29) is 25.2 Å². The van der Waals surface area contributed by atoms with Gasteiger partial charge in [0.15, 0.2) is 6.10 Å². The van der Waals surface area contributed by atoms with E-state index in [4.69, 9.17) is 14.2 Å². The summed E-state index contributed by atoms with van der Waals surface area (Å²) < 4.78 is 17.4. The molecule has 0 bridgehead atoms. The second-order valence-electron chi connectivity index (χ2n) is 17.1. The highest BCUT2D eigenvalue weighted by Gasteiger charge is 2.17. The molecule has 0 saturated carbocycles. The smallest absolute Gasteiger partial charge is 0.306 e. The zero-order valence-corrected chi connectivity index (χ0v) is 40.0. The molecule has 0 heterocycles. The third kappa shape index (κ3) is 48.3. The van der Waals surface area contributed by atoms with Gasteiger partial charge in [0.2, 0.25) is 0 Å². The summed E-state index contributed by atoms with van der Waals surface area (Å²) >= 11 is 0. The summed E-state index contributed by atoms with van der Waals surface area (Å²) in [4.78, 5) is 25.4. The van der Waals surface area contributed by atoms with Crippen molar-refractivity contribution in [1.29, 1.82) is 0 Å². The van der Waals surface area contributed by atoms with E-state index >= 15 is 0 Å². The molecular formula is C55H98O5. The van der Waals surface area contributed by atoms with E-state index in [0.29, 0.717) is 19.4 Å². The third-order valence-electron chi connectivity index (χ3n) is 11.1. The van der Waals surface area contributed by atoms with Gasteiger partial charge in [-0.05, 0) is 64.2 Å². The van der Waals surface area contributed by atoms with E-state index in [2.05, 4.69) is 81.5 Å². The Balaban J connectivity index is 4.32. The van der Waals surface area contributed by atoms with Crippen molar-refractivity contribution in [2.45, 2.75) is 258 Å². The maximum Gasteiger partial charge on any atom is 0.306 e. The quantitative estimate of drug-likeness (QED) is 0.0347. The summed E-state index contributed by atoms with van der Waals surface area (Å²) in [5.74, 6) is -0.412. The second-order valence-corrected chi connectivity index (χ2v) is 17.1. The first kappa shape index (κ1) is 57.6. The van der Waals surface area contributed by atoms with Crippen molar-refractivity contribution >= 4 is 11.9 Å². The molecule has 5 heteroatoms. The van der Waals surface area contributed by atoms with Crippen LogP contribution in [0.15, 0.2) is 60.8 Å². The molecule has 60 heavy (non-hydrogen) atoms. The minimum absolute atomic E-state index is 0.0711. The van der Waals surface area contributed by atoms with E-state index in [1.54, 1.807) is 0 Å². The van der Waals surface area contributed by atoms with Crippen LogP contribution in [0, 0.1) is 0 Å². The lowest BCUT2D eigenvalue weighted by Gasteiger charge is -2.18. The van der Waals surface area contributed by atoms with Gasteiger partial charge in [0.25, 0.3) is 0 Å². The Labute approximate surface area is 373 Å². The number of carbonyl (C=O) groups is 2. The lowest BCUT2D eigenvalue weighted by atomic mass is 10.0. The molecule has 0 N–H and O–H groups in total. The zero-order chi connectivity index (χ0) is 43.5. The van der Waals surface area contributed by atoms with Crippen LogP contribution in [0.25, 0.3) is 0 Å². The van der Waals surface area contributed by atoms with Gasteiger partial charge in [-0.25, -0.2) is 0 Å². The fourth-order valence-electron chi connectivity index (χ4n) is 7.24. The highest BCUT2D eigenvalue weighted by Crippen LogP contribution is 2.15. The van der Waals surface area contributed by atoms with E-state index in [9.17, 15) is 9.59 Å². The van der Waals surface area contributed by atoms with Gasteiger partial charge in [-0.2, -0.15) is 0 Å². The van der Waals surface area contributed by atoms with Crippen LogP contribution in [0.2, 0.25) is 0 Å². The first-order valence-corrected chi connectivity index (χ1v) is 25.8. The molecule has 0 fully saturated rings. The fourth-order valence-corrected chi connectivity index (χ4v) is 7.24. The summed E-state index contributed by atoms with van der Waals surface area (Å²) in [6.45, 7) is 7.64. The molecule has 0 amide bonds. The standard InChI is InChI=1S/C55H98O5/c1-4-7-10-13-16-19-22-25-26-27-28-29-32-35-38-41-44-47-50-58-51-53(60-55(57)49-46-43-40-37-34-31-24-21-18-15-12-9-6-3)52-59-54(56)48-45-42-39-36-33-30-23-20-17-14-11-8-5-2/h7,10,16,19,25-26,28-29,35,38,53H,4-6,8-9,11-15,17-18,20-24,27,30-34,36-37,39-52H2,1-3H3/b10-7-,19-16-,26-25-,29-28-,38-35-. The summed E-state index contributed by atoms with van der Waals surface area (Å²) in [6.07, 6.45) is 63.7. The van der Waals surface area contributed by atoms with Crippen LogP contribution in [0.4, 0.5) is 0 Å². The van der Waals surface area contributed by atoms with Crippen LogP contribution in [0.5, 0.6) is 0 Å². The summed E-state index contributed by atoms with van der Waals surface area (Å²) in [6, 6.07) is 0. The molecule has 1 unspecified atom stereocenters. The number of esters is 2. The lowest BCUT2D eigenvalue weighted by molar-refractivity contribution is -0.163. The van der Waals surface area contributed by atoms with Gasteiger partial charge in [0, 0.05) is 19.4 Å². The Morgan fingerprint density at radius 3 is 1.17 bits per heavy atom. The zero-order valence-electron chi connectivity index (χ0n) is 40.0. The number of rotatable bonds is 47. The Hall–Kier alpha value is -2.40. The molecule has 0 aromatic carbocycles. The molecule has 0 radical (unpaired) electrons. The van der Waals surface area contributed by atoms with Crippen LogP contribution in [0.1, 0.15) is 252 Å². The minimum Gasteiger partial charge on any atom is -0.462 e. The van der Waals surface area contributed by atoms with Crippen molar-refractivity contribution in [1.82, 2.24) is 0 Å². The number of carbonyl (C=O) groups excluding carboxylic acids is 2. The highest BCUT2D eigenvalue weighted by atomic mass is 16.6. The minimum atomic E-state index is -0.555. The second kappa shape index (κ2) is 51.0. The summed E-state index contributed by atoms with van der Waals surface area (Å²) in [5, 5.41) is 0. The van der Waals surface area contributed by atoms with Crippen LogP contribution < -0.4 is 0 Å². The van der Waals surface area contributed by atoms with Gasteiger partial charge >= 0.3 is 11.9 Å². The first-order chi connectivity index (χ1) is 29.6. The average molecular weight is 839 g/mol. The van der Waals surface area contributed by atoms with Crippen LogP contribution in [-0.2, 0) is 23.8 Å². The van der Waals surface area contributed by atoms with E-state index < -0.39 is 6.10 Å². The number of hydrogen-bond acceptors (Lipinski definition) is 5. The Kier molecular flexibility index (Phi) is 48.9. The molecule has 0 aliphatic rings. The highest BCUT2D eigenvalue weighted by molar-refractivity contribution is 5.70. The van der Waals surface area contributed by atoms with Gasteiger partial charge in [0.05, 0.1) is 6.61 Å². The van der Waals surface area contributed by atoms with Gasteiger partial charge in [0.1, 0.15) is 6.61 Å². The molecule has 0 aromatic heterocycles. The Morgan fingerprint density at radius 2 is 0.750 bits per heavy atom. The van der Waals surface area contributed by atoms with Gasteiger partial charge in [-0.1, -0.05) is 236 Å². The topological polar surface area (TPSA) is 61.8 Å². The summed E-state index contributed by atoms with van der Waals surface area (Å²) in [7, 11) is 0. The van der Waals surface area contributed by atoms with Crippen molar-refractivity contribution in [2.24, 2.45) is 0 Å². The molecule has 5 nitrogen and oxygen atoms in total. The SMILES string of the molecule is CC/C=C\C/C=C\C/C=C\C/C=C\C/C=C\CCCCOCC(COC(=O)CCCCCCCCCCCCCCC)OC(=O)CCCCCCCCCCCCCCC. The molecule has 1 atom stereocenters. The van der Waals surface area contributed by atoms with E-state index in [0.717, 1.165) is 77.0 Å². The molecule has 0 aliphatic heterocycles. The predicted molar refractivity (Wildman–Crippen MR) is 261 cm³/mol. The molecular weight excluding hydrogens is 741 g/mol. The monoisotopic (exact) mass is 839 g/mol. The molecule has 0 aromatic rings.